The predicted molar refractivity (Wildman–Crippen MR) is 143 cm³/mol. The van der Waals surface area contributed by atoms with Crippen LogP contribution in [0.2, 0.25) is 0 Å². The standard InChI is InChI=1S/C29H53N3O2/c1-3-4-5-6-7-8-9-10-11-12-13-14-15-16-17-18-19-20-21-22-23-28-31-24-25-32(28,27(2)30)26-29(33)34/h4-5,24-25,27H,3,6-23,26,30H2,1-2H3/b5-4+. The van der Waals surface area contributed by atoms with Gasteiger partial charge in [-0.25, -0.2) is 9.48 Å². The molecule has 5 heteroatoms. The van der Waals surface area contributed by atoms with Crippen LogP contribution in [0.15, 0.2) is 29.5 Å². The maximum Gasteiger partial charge on any atom is 0.209 e. The second-order valence-corrected chi connectivity index (χ2v) is 10.1. The van der Waals surface area contributed by atoms with Gasteiger partial charge in [0.05, 0.1) is 12.2 Å². The summed E-state index contributed by atoms with van der Waals surface area (Å²) in [6, 6.07) is 0. The summed E-state index contributed by atoms with van der Waals surface area (Å²) in [5.74, 6) is -0.225. The Morgan fingerprint density at radius 2 is 1.35 bits per heavy atom. The van der Waals surface area contributed by atoms with Gasteiger partial charge in [-0.05, 0) is 25.7 Å². The van der Waals surface area contributed by atoms with Gasteiger partial charge in [0.1, 0.15) is 18.9 Å². The quantitative estimate of drug-likeness (QED) is 0.101. The van der Waals surface area contributed by atoms with Crippen LogP contribution in [-0.2, 0) is 4.79 Å². The molecule has 0 fully saturated rings. The number of quaternary nitrogens is 1. The number of carbonyl (C=O) groups excluding carboxylic acids is 1. The Morgan fingerprint density at radius 1 is 0.882 bits per heavy atom. The van der Waals surface area contributed by atoms with Gasteiger partial charge in [0.2, 0.25) is 5.84 Å². The lowest BCUT2D eigenvalue weighted by Gasteiger charge is -2.36. The third-order valence-corrected chi connectivity index (χ3v) is 7.08. The molecule has 1 rings (SSSR count). The third-order valence-electron chi connectivity index (χ3n) is 7.08. The van der Waals surface area contributed by atoms with Crippen molar-refractivity contribution in [2.75, 3.05) is 6.54 Å². The second-order valence-electron chi connectivity index (χ2n) is 10.1. The number of unbranched alkanes of at least 4 members (excludes halogenated alkanes) is 16. The maximum absolute atomic E-state index is 11.2. The summed E-state index contributed by atoms with van der Waals surface area (Å²) in [7, 11) is 0. The molecule has 2 atom stereocenters. The van der Waals surface area contributed by atoms with Crippen LogP contribution in [0.1, 0.15) is 136 Å². The number of aliphatic imine (C=N–C) groups is 1. The summed E-state index contributed by atoms with van der Waals surface area (Å²) in [5.41, 5.74) is 6.10. The first-order valence-electron chi connectivity index (χ1n) is 14.3. The zero-order valence-electron chi connectivity index (χ0n) is 22.3. The molecule has 0 saturated heterocycles. The number of carbonyl (C=O) groups is 1. The van der Waals surface area contributed by atoms with Crippen LogP contribution in [0.3, 0.4) is 0 Å². The van der Waals surface area contributed by atoms with Crippen molar-refractivity contribution in [2.24, 2.45) is 10.7 Å². The lowest BCUT2D eigenvalue weighted by molar-refractivity contribution is -0.808. The molecule has 34 heavy (non-hydrogen) atoms. The number of nitrogens with zero attached hydrogens (tertiary/aromatic N) is 2. The topological polar surface area (TPSA) is 78.5 Å². The monoisotopic (exact) mass is 475 g/mol. The van der Waals surface area contributed by atoms with Crippen LogP contribution in [-0.4, -0.2) is 29.0 Å². The molecule has 0 amide bonds. The van der Waals surface area contributed by atoms with Crippen LogP contribution in [0, 0.1) is 0 Å². The van der Waals surface area contributed by atoms with E-state index in [1.165, 1.54) is 109 Å². The number of allylic oxidation sites excluding steroid dienone is 2. The minimum absolute atomic E-state index is 0.110. The molecule has 0 bridgehead atoms. The SMILES string of the molecule is CC/C=C/CCCCCCCCCCCCCCCCCCC1=NC=C[N+]1(CC(=O)[O-])C(C)N. The van der Waals surface area contributed by atoms with Gasteiger partial charge in [-0.1, -0.05) is 109 Å². The highest BCUT2D eigenvalue weighted by atomic mass is 16.4. The van der Waals surface area contributed by atoms with E-state index in [1.807, 2.05) is 6.92 Å². The fraction of sp³-hybridized carbons (Fsp3) is 0.793. The Hall–Kier alpha value is -1.46. The first kappa shape index (κ1) is 30.6. The number of hydrogen-bond donors (Lipinski definition) is 1. The molecule has 1 aliphatic rings. The van der Waals surface area contributed by atoms with Crippen LogP contribution in [0.4, 0.5) is 0 Å². The smallest absolute Gasteiger partial charge is 0.209 e. The second kappa shape index (κ2) is 19.8. The molecule has 0 aromatic carbocycles. The van der Waals surface area contributed by atoms with Gasteiger partial charge in [0, 0.05) is 13.3 Å². The first-order valence-corrected chi connectivity index (χ1v) is 14.3. The van der Waals surface area contributed by atoms with Gasteiger partial charge in [0.25, 0.3) is 0 Å². The predicted octanol–water partition coefficient (Wildman–Crippen LogP) is 6.73. The summed E-state index contributed by atoms with van der Waals surface area (Å²) in [5, 5.41) is 11.2. The highest BCUT2D eigenvalue weighted by Crippen LogP contribution is 2.23. The number of carboxylic acids is 1. The molecule has 0 radical (unpaired) electrons. The van der Waals surface area contributed by atoms with E-state index in [-0.39, 0.29) is 17.2 Å². The molecule has 1 aliphatic heterocycles. The Kier molecular flexibility index (Phi) is 17.8. The van der Waals surface area contributed by atoms with E-state index >= 15 is 0 Å². The van der Waals surface area contributed by atoms with Crippen molar-refractivity contribution >= 4 is 11.8 Å². The van der Waals surface area contributed by atoms with Gasteiger partial charge in [-0.2, -0.15) is 0 Å². The number of nitrogens with two attached hydrogens (primary N) is 1. The molecule has 5 nitrogen and oxygen atoms in total. The average Bonchev–Trinajstić information content (AvgIpc) is 3.20. The van der Waals surface area contributed by atoms with Crippen molar-refractivity contribution < 1.29 is 14.4 Å². The van der Waals surface area contributed by atoms with Gasteiger partial charge in [-0.15, -0.1) is 0 Å². The summed E-state index contributed by atoms with van der Waals surface area (Å²) in [6.07, 6.45) is 32.5. The third kappa shape index (κ3) is 13.4. The molecule has 0 aliphatic carbocycles. The minimum Gasteiger partial charge on any atom is -0.544 e. The Balaban J connectivity index is 1.89. The van der Waals surface area contributed by atoms with Crippen molar-refractivity contribution in [2.45, 2.75) is 142 Å². The van der Waals surface area contributed by atoms with E-state index < -0.39 is 5.97 Å². The number of carboxylic acid groups (broad SMARTS) is 1. The number of amidine groups is 1. The number of aliphatic carboxylic acids is 1. The van der Waals surface area contributed by atoms with E-state index in [1.54, 1.807) is 12.4 Å². The Morgan fingerprint density at radius 3 is 1.79 bits per heavy atom. The minimum atomic E-state index is -1.09. The van der Waals surface area contributed by atoms with E-state index in [4.69, 9.17) is 5.73 Å². The zero-order chi connectivity index (χ0) is 24.9. The Bertz CT molecular complexity index is 612. The van der Waals surface area contributed by atoms with E-state index in [9.17, 15) is 9.90 Å². The van der Waals surface area contributed by atoms with Gasteiger partial charge in [0.15, 0.2) is 0 Å². The van der Waals surface area contributed by atoms with Crippen molar-refractivity contribution in [3.05, 3.63) is 24.6 Å². The number of rotatable bonds is 23. The van der Waals surface area contributed by atoms with Crippen LogP contribution in [0.25, 0.3) is 0 Å². The largest absolute Gasteiger partial charge is 0.544 e. The fourth-order valence-corrected chi connectivity index (χ4v) is 4.88. The molecular weight excluding hydrogens is 422 g/mol. The fourth-order valence-electron chi connectivity index (χ4n) is 4.88. The van der Waals surface area contributed by atoms with Crippen molar-refractivity contribution in [3.63, 3.8) is 0 Å². The normalized spacial score (nSPS) is 18.6. The van der Waals surface area contributed by atoms with Crippen LogP contribution in [0.5, 0.6) is 0 Å². The maximum atomic E-state index is 11.2. The van der Waals surface area contributed by atoms with E-state index in [2.05, 4.69) is 24.1 Å². The summed E-state index contributed by atoms with van der Waals surface area (Å²) < 4.78 is 0.110. The average molecular weight is 476 g/mol. The van der Waals surface area contributed by atoms with Gasteiger partial charge in [-0.3, -0.25) is 5.73 Å². The lowest BCUT2D eigenvalue weighted by Crippen LogP contribution is -2.60. The molecule has 196 valence electrons. The molecule has 2 N–H and O–H groups in total. The molecule has 0 saturated carbocycles. The summed E-state index contributed by atoms with van der Waals surface area (Å²) in [4.78, 5) is 15.6. The van der Waals surface area contributed by atoms with Crippen molar-refractivity contribution in [1.29, 1.82) is 0 Å². The molecule has 0 aromatic heterocycles. The highest BCUT2D eigenvalue weighted by molar-refractivity contribution is 5.81. The lowest BCUT2D eigenvalue weighted by atomic mass is 10.0. The van der Waals surface area contributed by atoms with Crippen LogP contribution < -0.4 is 10.8 Å². The highest BCUT2D eigenvalue weighted by Gasteiger charge is 2.38. The van der Waals surface area contributed by atoms with E-state index in [0.29, 0.717) is 0 Å². The zero-order valence-corrected chi connectivity index (χ0v) is 22.3. The van der Waals surface area contributed by atoms with Gasteiger partial charge >= 0.3 is 0 Å². The van der Waals surface area contributed by atoms with Gasteiger partial charge < -0.3 is 9.90 Å². The molecule has 0 spiro atoms. The van der Waals surface area contributed by atoms with Crippen LogP contribution >= 0.6 is 0 Å². The molecular formula is C29H53N3O2. The molecule has 1 heterocycles. The summed E-state index contributed by atoms with van der Waals surface area (Å²) >= 11 is 0. The van der Waals surface area contributed by atoms with Crippen molar-refractivity contribution in [3.8, 4) is 0 Å². The molecule has 2 unspecified atom stereocenters. The molecule has 0 aromatic rings. The van der Waals surface area contributed by atoms with Crippen molar-refractivity contribution in [1.82, 2.24) is 0 Å². The van der Waals surface area contributed by atoms with E-state index in [0.717, 1.165) is 18.7 Å². The Labute approximate surface area is 210 Å². The number of hydrogen-bond acceptors (Lipinski definition) is 4. The summed E-state index contributed by atoms with van der Waals surface area (Å²) in [6.45, 7) is 3.90. The first-order chi connectivity index (χ1) is 16.5.